The number of amides is 2. The number of carbonyl (C=O) groups is 2. The molecule has 0 aliphatic heterocycles. The average molecular weight is 335 g/mol. The van der Waals surface area contributed by atoms with Crippen molar-refractivity contribution in [3.8, 4) is 0 Å². The van der Waals surface area contributed by atoms with E-state index >= 15 is 0 Å². The number of hydrogen-bond acceptors (Lipinski definition) is 4. The van der Waals surface area contributed by atoms with Crippen molar-refractivity contribution >= 4 is 11.8 Å². The normalized spacial score (nSPS) is 10.2. The molecule has 1 aromatic carbocycles. The van der Waals surface area contributed by atoms with E-state index in [0.29, 0.717) is 30.0 Å². The van der Waals surface area contributed by atoms with Crippen LogP contribution < -0.4 is 10.6 Å². The number of hydrogen-bond donors (Lipinski definition) is 2. The summed E-state index contributed by atoms with van der Waals surface area (Å²) >= 11 is 0. The highest BCUT2D eigenvalue weighted by atomic mass is 16.3. The van der Waals surface area contributed by atoms with Crippen LogP contribution in [-0.2, 0) is 13.1 Å². The Morgan fingerprint density at radius 1 is 0.880 bits per heavy atom. The van der Waals surface area contributed by atoms with Gasteiger partial charge in [0, 0.05) is 30.1 Å². The van der Waals surface area contributed by atoms with E-state index in [0.717, 1.165) is 5.56 Å². The van der Waals surface area contributed by atoms with Crippen LogP contribution in [0.15, 0.2) is 71.6 Å². The summed E-state index contributed by atoms with van der Waals surface area (Å²) < 4.78 is 5.18. The molecule has 0 saturated carbocycles. The largest absolute Gasteiger partial charge is 0.467 e. The Morgan fingerprint density at radius 3 is 2.40 bits per heavy atom. The Labute approximate surface area is 144 Å². The highest BCUT2D eigenvalue weighted by molar-refractivity contribution is 5.95. The zero-order chi connectivity index (χ0) is 17.5. The van der Waals surface area contributed by atoms with Gasteiger partial charge in [0.15, 0.2) is 0 Å². The summed E-state index contributed by atoms with van der Waals surface area (Å²) in [7, 11) is 0. The molecule has 3 rings (SSSR count). The maximum atomic E-state index is 12.2. The SMILES string of the molecule is O=C(NCc1cccc(C(=O)NCc2ccco2)c1)c1ccncc1. The van der Waals surface area contributed by atoms with Crippen molar-refractivity contribution in [3.63, 3.8) is 0 Å². The van der Waals surface area contributed by atoms with Gasteiger partial charge in [0.1, 0.15) is 5.76 Å². The van der Waals surface area contributed by atoms with E-state index in [-0.39, 0.29) is 11.8 Å². The van der Waals surface area contributed by atoms with E-state index in [2.05, 4.69) is 15.6 Å². The Kier molecular flexibility index (Phi) is 5.21. The molecule has 2 amide bonds. The first-order chi connectivity index (χ1) is 12.2. The first-order valence-corrected chi connectivity index (χ1v) is 7.80. The molecule has 6 nitrogen and oxygen atoms in total. The van der Waals surface area contributed by atoms with E-state index in [4.69, 9.17) is 4.42 Å². The molecule has 2 heterocycles. The number of aromatic nitrogens is 1. The van der Waals surface area contributed by atoms with Crippen LogP contribution >= 0.6 is 0 Å². The molecule has 0 aliphatic carbocycles. The molecule has 2 N–H and O–H groups in total. The van der Waals surface area contributed by atoms with Gasteiger partial charge in [-0.15, -0.1) is 0 Å². The summed E-state index contributed by atoms with van der Waals surface area (Å²) in [6.07, 6.45) is 4.70. The summed E-state index contributed by atoms with van der Waals surface area (Å²) in [5.74, 6) is 0.308. The van der Waals surface area contributed by atoms with E-state index in [1.165, 1.54) is 0 Å². The van der Waals surface area contributed by atoms with Gasteiger partial charge in [-0.05, 0) is 42.0 Å². The Hall–Kier alpha value is -3.41. The van der Waals surface area contributed by atoms with Gasteiger partial charge in [0.25, 0.3) is 11.8 Å². The third-order valence-electron chi connectivity index (χ3n) is 3.59. The molecule has 0 radical (unpaired) electrons. The van der Waals surface area contributed by atoms with Gasteiger partial charge in [0.05, 0.1) is 12.8 Å². The van der Waals surface area contributed by atoms with Gasteiger partial charge in [-0.25, -0.2) is 0 Å². The van der Waals surface area contributed by atoms with Crippen LogP contribution in [0.25, 0.3) is 0 Å². The molecule has 0 bridgehead atoms. The van der Waals surface area contributed by atoms with Crippen LogP contribution in [0.5, 0.6) is 0 Å². The average Bonchev–Trinajstić information content (AvgIpc) is 3.19. The van der Waals surface area contributed by atoms with Gasteiger partial charge >= 0.3 is 0 Å². The Bertz CT molecular complexity index is 845. The fourth-order valence-corrected chi connectivity index (χ4v) is 2.29. The lowest BCUT2D eigenvalue weighted by atomic mass is 10.1. The lowest BCUT2D eigenvalue weighted by molar-refractivity contribution is 0.0943. The minimum absolute atomic E-state index is 0.185. The fraction of sp³-hybridized carbons (Fsp3) is 0.105. The van der Waals surface area contributed by atoms with Crippen LogP contribution in [0.4, 0.5) is 0 Å². The van der Waals surface area contributed by atoms with Crippen LogP contribution in [0.1, 0.15) is 32.0 Å². The summed E-state index contributed by atoms with van der Waals surface area (Å²) in [5.41, 5.74) is 1.91. The maximum absolute atomic E-state index is 12.2. The number of pyridine rings is 1. The predicted molar refractivity (Wildman–Crippen MR) is 91.7 cm³/mol. The Morgan fingerprint density at radius 2 is 1.64 bits per heavy atom. The first kappa shape index (κ1) is 16.4. The minimum Gasteiger partial charge on any atom is -0.467 e. The number of carbonyl (C=O) groups excluding carboxylic acids is 2. The van der Waals surface area contributed by atoms with Gasteiger partial charge < -0.3 is 15.1 Å². The van der Waals surface area contributed by atoms with Gasteiger partial charge in [-0.3, -0.25) is 14.6 Å². The third-order valence-corrected chi connectivity index (χ3v) is 3.59. The predicted octanol–water partition coefficient (Wildman–Crippen LogP) is 2.53. The van der Waals surface area contributed by atoms with E-state index in [1.807, 2.05) is 6.07 Å². The van der Waals surface area contributed by atoms with Gasteiger partial charge in [-0.1, -0.05) is 12.1 Å². The molecule has 3 aromatic rings. The number of benzene rings is 1. The molecule has 25 heavy (non-hydrogen) atoms. The Balaban J connectivity index is 1.57. The highest BCUT2D eigenvalue weighted by Gasteiger charge is 2.08. The molecular formula is C19H17N3O3. The number of furan rings is 1. The van der Waals surface area contributed by atoms with Crippen molar-refractivity contribution in [1.82, 2.24) is 15.6 Å². The molecule has 0 fully saturated rings. The first-order valence-electron chi connectivity index (χ1n) is 7.80. The van der Waals surface area contributed by atoms with Crippen molar-refractivity contribution in [2.24, 2.45) is 0 Å². The quantitative estimate of drug-likeness (QED) is 0.725. The second kappa shape index (κ2) is 7.92. The molecule has 126 valence electrons. The maximum Gasteiger partial charge on any atom is 0.251 e. The summed E-state index contributed by atoms with van der Waals surface area (Å²) in [6.45, 7) is 0.662. The van der Waals surface area contributed by atoms with Crippen molar-refractivity contribution in [2.45, 2.75) is 13.1 Å². The van der Waals surface area contributed by atoms with Crippen molar-refractivity contribution in [1.29, 1.82) is 0 Å². The van der Waals surface area contributed by atoms with Crippen LogP contribution in [0.2, 0.25) is 0 Å². The molecule has 2 aromatic heterocycles. The van der Waals surface area contributed by atoms with Crippen LogP contribution in [-0.4, -0.2) is 16.8 Å². The minimum atomic E-state index is -0.196. The van der Waals surface area contributed by atoms with Gasteiger partial charge in [0.2, 0.25) is 0 Å². The summed E-state index contributed by atoms with van der Waals surface area (Å²) in [5, 5.41) is 5.61. The number of rotatable bonds is 6. The van der Waals surface area contributed by atoms with Crippen LogP contribution in [0.3, 0.4) is 0 Å². The van der Waals surface area contributed by atoms with E-state index in [1.54, 1.807) is 61.1 Å². The van der Waals surface area contributed by atoms with E-state index in [9.17, 15) is 9.59 Å². The van der Waals surface area contributed by atoms with Crippen molar-refractivity contribution < 1.29 is 14.0 Å². The number of nitrogens with zero attached hydrogens (tertiary/aromatic N) is 1. The van der Waals surface area contributed by atoms with Crippen molar-refractivity contribution in [3.05, 3.63) is 89.6 Å². The lowest BCUT2D eigenvalue weighted by Crippen LogP contribution is -2.24. The zero-order valence-corrected chi connectivity index (χ0v) is 13.4. The van der Waals surface area contributed by atoms with E-state index < -0.39 is 0 Å². The molecule has 0 saturated heterocycles. The summed E-state index contributed by atoms with van der Waals surface area (Å²) in [6, 6.07) is 14.0. The van der Waals surface area contributed by atoms with Gasteiger partial charge in [-0.2, -0.15) is 0 Å². The molecule has 0 spiro atoms. The topological polar surface area (TPSA) is 84.2 Å². The molecule has 0 unspecified atom stereocenters. The molecular weight excluding hydrogens is 318 g/mol. The monoisotopic (exact) mass is 335 g/mol. The number of nitrogens with one attached hydrogen (secondary N) is 2. The standard InChI is InChI=1S/C19H17N3O3/c23-18(15-6-8-20-9-7-15)21-12-14-3-1-4-16(11-14)19(24)22-13-17-5-2-10-25-17/h1-11H,12-13H2,(H,21,23)(H,22,24). The smallest absolute Gasteiger partial charge is 0.251 e. The molecule has 6 heteroatoms. The van der Waals surface area contributed by atoms with Crippen LogP contribution in [0, 0.1) is 0 Å². The lowest BCUT2D eigenvalue weighted by Gasteiger charge is -2.08. The molecule has 0 aliphatic rings. The summed E-state index contributed by atoms with van der Waals surface area (Å²) in [4.78, 5) is 28.1. The third kappa shape index (κ3) is 4.54. The fourth-order valence-electron chi connectivity index (χ4n) is 2.29. The highest BCUT2D eigenvalue weighted by Crippen LogP contribution is 2.07. The zero-order valence-electron chi connectivity index (χ0n) is 13.4. The second-order valence-corrected chi connectivity index (χ2v) is 5.38. The molecule has 0 atom stereocenters. The second-order valence-electron chi connectivity index (χ2n) is 5.38. The van der Waals surface area contributed by atoms with Crippen molar-refractivity contribution in [2.75, 3.05) is 0 Å².